The third-order valence-corrected chi connectivity index (χ3v) is 3.72. The molecular formula is C14H13BrClN3S. The van der Waals surface area contributed by atoms with Crippen molar-refractivity contribution >= 4 is 50.7 Å². The number of anilines is 1. The zero-order chi connectivity index (χ0) is 14.5. The van der Waals surface area contributed by atoms with Crippen LogP contribution in [-0.4, -0.2) is 10.1 Å². The number of pyridine rings is 1. The van der Waals surface area contributed by atoms with E-state index in [1.165, 1.54) is 0 Å². The average Bonchev–Trinajstić information content (AvgIpc) is 2.41. The largest absolute Gasteiger partial charge is 0.358 e. The van der Waals surface area contributed by atoms with Crippen molar-refractivity contribution in [2.75, 3.05) is 5.32 Å². The van der Waals surface area contributed by atoms with Crippen LogP contribution in [0, 0.1) is 6.92 Å². The Morgan fingerprint density at radius 3 is 2.85 bits per heavy atom. The van der Waals surface area contributed by atoms with E-state index < -0.39 is 0 Å². The van der Waals surface area contributed by atoms with Gasteiger partial charge in [-0.15, -0.1) is 0 Å². The fourth-order valence-electron chi connectivity index (χ4n) is 1.64. The molecule has 104 valence electrons. The van der Waals surface area contributed by atoms with Crippen LogP contribution in [0.5, 0.6) is 0 Å². The Hall–Kier alpha value is -1.17. The lowest BCUT2D eigenvalue weighted by atomic mass is 10.2. The molecule has 0 fully saturated rings. The minimum atomic E-state index is 0.517. The second-order valence-corrected chi connectivity index (χ2v) is 5.95. The fourth-order valence-corrected chi connectivity index (χ4v) is 2.46. The highest BCUT2D eigenvalue weighted by Gasteiger charge is 2.04. The monoisotopic (exact) mass is 369 g/mol. The molecule has 20 heavy (non-hydrogen) atoms. The third kappa shape index (κ3) is 4.16. The predicted octanol–water partition coefficient (Wildman–Crippen LogP) is 4.29. The van der Waals surface area contributed by atoms with E-state index in [1.807, 2.05) is 37.3 Å². The highest BCUT2D eigenvalue weighted by atomic mass is 79.9. The zero-order valence-electron chi connectivity index (χ0n) is 10.8. The Morgan fingerprint density at radius 2 is 2.15 bits per heavy atom. The van der Waals surface area contributed by atoms with Gasteiger partial charge in [0.05, 0.1) is 0 Å². The number of benzene rings is 1. The van der Waals surface area contributed by atoms with Crippen molar-refractivity contribution in [3.05, 3.63) is 57.2 Å². The maximum absolute atomic E-state index is 6.09. The summed E-state index contributed by atoms with van der Waals surface area (Å²) in [4.78, 5) is 4.28. The summed E-state index contributed by atoms with van der Waals surface area (Å²) in [7, 11) is 0. The summed E-state index contributed by atoms with van der Waals surface area (Å²) in [5, 5.41) is 7.43. The number of nitrogens with one attached hydrogen (secondary N) is 2. The van der Waals surface area contributed by atoms with Crippen LogP contribution in [-0.2, 0) is 6.54 Å². The summed E-state index contributed by atoms with van der Waals surface area (Å²) < 4.78 is 0.940. The molecule has 0 aliphatic heterocycles. The summed E-state index contributed by atoms with van der Waals surface area (Å²) in [5.74, 6) is 0.741. The van der Waals surface area contributed by atoms with Crippen LogP contribution in [0.15, 0.2) is 41.0 Å². The van der Waals surface area contributed by atoms with Crippen molar-refractivity contribution in [2.45, 2.75) is 13.5 Å². The van der Waals surface area contributed by atoms with Crippen LogP contribution < -0.4 is 10.6 Å². The Bertz CT molecular complexity index is 634. The van der Waals surface area contributed by atoms with E-state index in [4.69, 9.17) is 23.8 Å². The topological polar surface area (TPSA) is 37.0 Å². The van der Waals surface area contributed by atoms with Gasteiger partial charge in [-0.3, -0.25) is 0 Å². The number of aromatic nitrogens is 1. The smallest absolute Gasteiger partial charge is 0.172 e. The Balaban J connectivity index is 1.94. The zero-order valence-corrected chi connectivity index (χ0v) is 13.9. The van der Waals surface area contributed by atoms with Gasteiger partial charge in [0.1, 0.15) is 5.82 Å². The molecule has 0 saturated carbocycles. The molecule has 0 aliphatic carbocycles. The molecule has 0 unspecified atom stereocenters. The highest BCUT2D eigenvalue weighted by Crippen LogP contribution is 2.17. The van der Waals surface area contributed by atoms with E-state index in [9.17, 15) is 0 Å². The molecular weight excluding hydrogens is 358 g/mol. The lowest BCUT2D eigenvalue weighted by Gasteiger charge is -2.12. The molecule has 0 aliphatic rings. The van der Waals surface area contributed by atoms with E-state index >= 15 is 0 Å². The van der Waals surface area contributed by atoms with Crippen molar-refractivity contribution in [3.8, 4) is 0 Å². The molecule has 6 heteroatoms. The van der Waals surface area contributed by atoms with E-state index in [0.717, 1.165) is 26.4 Å². The Morgan fingerprint density at radius 1 is 1.40 bits per heavy atom. The summed E-state index contributed by atoms with van der Waals surface area (Å²) in [6.45, 7) is 2.54. The number of nitrogens with zero attached hydrogens (tertiary/aromatic N) is 1. The van der Waals surface area contributed by atoms with Crippen molar-refractivity contribution in [1.29, 1.82) is 0 Å². The average molecular weight is 371 g/mol. The Kier molecular flexibility index (Phi) is 5.34. The van der Waals surface area contributed by atoms with Crippen LogP contribution >= 0.6 is 39.7 Å². The van der Waals surface area contributed by atoms with Crippen LogP contribution in [0.1, 0.15) is 11.1 Å². The Labute approximate surface area is 136 Å². The molecule has 3 nitrogen and oxygen atoms in total. The van der Waals surface area contributed by atoms with Gasteiger partial charge in [0.2, 0.25) is 0 Å². The van der Waals surface area contributed by atoms with Crippen LogP contribution in [0.2, 0.25) is 5.02 Å². The van der Waals surface area contributed by atoms with Gasteiger partial charge in [0.25, 0.3) is 0 Å². The third-order valence-electron chi connectivity index (χ3n) is 2.67. The number of halogens is 2. The maximum Gasteiger partial charge on any atom is 0.172 e. The minimum absolute atomic E-state index is 0.517. The fraction of sp³-hybridized carbons (Fsp3) is 0.143. The molecule has 0 bridgehead atoms. The van der Waals surface area contributed by atoms with Crippen molar-refractivity contribution in [3.63, 3.8) is 0 Å². The first-order valence-corrected chi connectivity index (χ1v) is 7.54. The number of hydrogen-bond donors (Lipinski definition) is 2. The lowest BCUT2D eigenvalue weighted by Crippen LogP contribution is -2.28. The molecule has 1 heterocycles. The van der Waals surface area contributed by atoms with E-state index in [-0.39, 0.29) is 0 Å². The second kappa shape index (κ2) is 7.02. The second-order valence-electron chi connectivity index (χ2n) is 4.22. The molecule has 0 spiro atoms. The quantitative estimate of drug-likeness (QED) is 0.790. The van der Waals surface area contributed by atoms with Crippen molar-refractivity contribution in [2.24, 2.45) is 0 Å². The van der Waals surface area contributed by atoms with Gasteiger partial charge in [0.15, 0.2) is 5.11 Å². The van der Waals surface area contributed by atoms with Crippen LogP contribution in [0.25, 0.3) is 0 Å². The SMILES string of the molecule is Cc1cc(Br)cnc1NC(=S)NCc1ccccc1Cl. The molecule has 2 aromatic rings. The van der Waals surface area contributed by atoms with Gasteiger partial charge >= 0.3 is 0 Å². The number of rotatable bonds is 3. The normalized spacial score (nSPS) is 10.2. The molecule has 2 N–H and O–H groups in total. The van der Waals surface area contributed by atoms with Crippen molar-refractivity contribution < 1.29 is 0 Å². The highest BCUT2D eigenvalue weighted by molar-refractivity contribution is 9.10. The summed E-state index contributed by atoms with van der Waals surface area (Å²) >= 11 is 14.7. The van der Waals surface area contributed by atoms with Gasteiger partial charge in [-0.2, -0.15) is 0 Å². The first-order valence-electron chi connectivity index (χ1n) is 5.96. The van der Waals surface area contributed by atoms with Gasteiger partial charge < -0.3 is 10.6 Å². The van der Waals surface area contributed by atoms with E-state index in [0.29, 0.717) is 11.7 Å². The van der Waals surface area contributed by atoms with Crippen LogP contribution in [0.3, 0.4) is 0 Å². The van der Waals surface area contributed by atoms with E-state index in [1.54, 1.807) is 6.20 Å². The molecule has 1 aromatic heterocycles. The lowest BCUT2D eigenvalue weighted by molar-refractivity contribution is 0.925. The molecule has 0 radical (unpaired) electrons. The molecule has 0 saturated heterocycles. The number of hydrogen-bond acceptors (Lipinski definition) is 2. The van der Waals surface area contributed by atoms with Gasteiger partial charge in [-0.25, -0.2) is 4.98 Å². The first-order chi connectivity index (χ1) is 9.56. The van der Waals surface area contributed by atoms with Gasteiger partial charge in [0, 0.05) is 22.2 Å². The molecule has 0 amide bonds. The summed E-state index contributed by atoms with van der Waals surface area (Å²) in [6, 6.07) is 9.64. The first kappa shape index (κ1) is 15.2. The van der Waals surface area contributed by atoms with Crippen molar-refractivity contribution in [1.82, 2.24) is 10.3 Å². The van der Waals surface area contributed by atoms with Gasteiger partial charge in [-0.1, -0.05) is 29.8 Å². The molecule has 0 atom stereocenters. The summed E-state index contributed by atoms with van der Waals surface area (Å²) in [6.07, 6.45) is 1.73. The van der Waals surface area contributed by atoms with E-state index in [2.05, 4.69) is 31.5 Å². The number of thiocarbonyl (C=S) groups is 1. The predicted molar refractivity (Wildman–Crippen MR) is 91.2 cm³/mol. The van der Waals surface area contributed by atoms with Crippen LogP contribution in [0.4, 0.5) is 5.82 Å². The molecule has 2 rings (SSSR count). The standard InChI is InChI=1S/C14H13BrClN3S/c1-9-6-11(15)8-17-13(9)19-14(20)18-7-10-4-2-3-5-12(10)16/h2-6,8H,7H2,1H3,(H2,17,18,19,20). The molecule has 1 aromatic carbocycles. The minimum Gasteiger partial charge on any atom is -0.358 e. The van der Waals surface area contributed by atoms with Gasteiger partial charge in [-0.05, 0) is 58.3 Å². The summed E-state index contributed by atoms with van der Waals surface area (Å²) in [5.41, 5.74) is 2.01. The number of aryl methyl sites for hydroxylation is 1. The maximum atomic E-state index is 6.09.